The Kier molecular flexibility index (Phi) is 5.62. The Balaban J connectivity index is 2.57. The van der Waals surface area contributed by atoms with Gasteiger partial charge in [-0.3, -0.25) is 4.79 Å². The van der Waals surface area contributed by atoms with E-state index in [2.05, 4.69) is 33.7 Å². The third-order valence-corrected chi connectivity index (χ3v) is 4.29. The van der Waals surface area contributed by atoms with Crippen LogP contribution in [0.4, 0.5) is 0 Å². The number of thiophene rings is 1. The number of rotatable bonds is 5. The van der Waals surface area contributed by atoms with Crippen molar-refractivity contribution in [1.29, 1.82) is 0 Å². The van der Waals surface area contributed by atoms with Crippen molar-refractivity contribution in [2.45, 2.75) is 32.7 Å². The summed E-state index contributed by atoms with van der Waals surface area (Å²) in [6, 6.07) is 2.05. The van der Waals surface area contributed by atoms with E-state index in [9.17, 15) is 4.79 Å². The van der Waals surface area contributed by atoms with Gasteiger partial charge in [0.1, 0.15) is 0 Å². The number of carbonyl (C=O) groups is 1. The van der Waals surface area contributed by atoms with Gasteiger partial charge in [-0.2, -0.15) is 0 Å². The van der Waals surface area contributed by atoms with E-state index in [4.69, 9.17) is 5.73 Å². The average Bonchev–Trinajstić information content (AvgIpc) is 2.57. The molecule has 0 spiro atoms. The summed E-state index contributed by atoms with van der Waals surface area (Å²) >= 11 is 5.15. The molecule has 2 unspecified atom stereocenters. The number of carbonyl (C=O) groups excluding carboxylic acids is 1. The molecule has 0 aromatic carbocycles. The minimum Gasteiger partial charge on any atom is -0.469 e. The second kappa shape index (κ2) is 6.52. The number of hydrogen-bond acceptors (Lipinski definition) is 4. The minimum absolute atomic E-state index is 0.0165. The molecule has 0 saturated carbocycles. The van der Waals surface area contributed by atoms with Gasteiger partial charge >= 0.3 is 5.97 Å². The lowest BCUT2D eigenvalue weighted by Crippen LogP contribution is -2.16. The Bertz CT molecular complexity index is 392. The van der Waals surface area contributed by atoms with Crippen LogP contribution in [0.25, 0.3) is 0 Å². The van der Waals surface area contributed by atoms with E-state index in [1.807, 2.05) is 6.92 Å². The smallest absolute Gasteiger partial charge is 0.305 e. The molecule has 1 rings (SSSR count). The van der Waals surface area contributed by atoms with Crippen molar-refractivity contribution in [3.05, 3.63) is 20.3 Å². The van der Waals surface area contributed by atoms with Gasteiger partial charge < -0.3 is 10.5 Å². The molecule has 1 aromatic heterocycles. The summed E-state index contributed by atoms with van der Waals surface area (Å²) in [6.45, 7) is 4.09. The van der Waals surface area contributed by atoms with Gasteiger partial charge in [0.2, 0.25) is 0 Å². The highest BCUT2D eigenvalue weighted by Gasteiger charge is 2.17. The van der Waals surface area contributed by atoms with Crippen LogP contribution in [0.3, 0.4) is 0 Å². The molecule has 0 fully saturated rings. The molecule has 0 aliphatic rings. The van der Waals surface area contributed by atoms with Gasteiger partial charge in [-0.1, -0.05) is 6.92 Å². The Morgan fingerprint density at radius 1 is 1.65 bits per heavy atom. The van der Waals surface area contributed by atoms with Gasteiger partial charge in [-0.15, -0.1) is 11.3 Å². The first kappa shape index (κ1) is 14.7. The molecule has 0 aliphatic heterocycles. The van der Waals surface area contributed by atoms with E-state index in [1.54, 1.807) is 11.3 Å². The van der Waals surface area contributed by atoms with E-state index in [1.165, 1.54) is 17.6 Å². The van der Waals surface area contributed by atoms with Crippen molar-refractivity contribution in [1.82, 2.24) is 0 Å². The summed E-state index contributed by atoms with van der Waals surface area (Å²) < 4.78 is 5.75. The average molecular weight is 320 g/mol. The summed E-state index contributed by atoms with van der Waals surface area (Å²) in [6.07, 6.45) is 1.22. The first-order valence-electron chi connectivity index (χ1n) is 5.52. The van der Waals surface area contributed by atoms with Crippen LogP contribution in [0.5, 0.6) is 0 Å². The molecule has 1 heterocycles. The zero-order valence-electron chi connectivity index (χ0n) is 10.3. The number of halogens is 1. The standard InChI is InChI=1S/C12H18BrNO2S/c1-7(5-12(15)16-3)4-10(14)9-6-11(13)17-8(9)2/h6-7,10H,4-5,14H2,1-3H3. The Labute approximate surface area is 114 Å². The van der Waals surface area contributed by atoms with E-state index in [-0.39, 0.29) is 17.9 Å². The highest BCUT2D eigenvalue weighted by molar-refractivity contribution is 9.11. The Hall–Kier alpha value is -0.390. The molecular weight excluding hydrogens is 302 g/mol. The molecule has 96 valence electrons. The van der Waals surface area contributed by atoms with E-state index < -0.39 is 0 Å². The number of esters is 1. The van der Waals surface area contributed by atoms with Crippen LogP contribution in [-0.4, -0.2) is 13.1 Å². The molecule has 0 bridgehead atoms. The maximum atomic E-state index is 11.1. The maximum absolute atomic E-state index is 11.1. The summed E-state index contributed by atoms with van der Waals surface area (Å²) in [4.78, 5) is 12.4. The van der Waals surface area contributed by atoms with Crippen LogP contribution < -0.4 is 5.73 Å². The second-order valence-corrected chi connectivity index (χ2v) is 6.93. The van der Waals surface area contributed by atoms with Crippen LogP contribution in [0.2, 0.25) is 0 Å². The molecule has 5 heteroatoms. The molecule has 0 radical (unpaired) electrons. The largest absolute Gasteiger partial charge is 0.469 e. The van der Waals surface area contributed by atoms with Gasteiger partial charge in [0.15, 0.2) is 0 Å². The molecule has 0 saturated heterocycles. The summed E-state index contributed by atoms with van der Waals surface area (Å²) in [5.74, 6) is 0.0587. The Morgan fingerprint density at radius 3 is 2.76 bits per heavy atom. The van der Waals surface area contributed by atoms with Crippen molar-refractivity contribution >= 4 is 33.2 Å². The summed E-state index contributed by atoms with van der Waals surface area (Å²) in [5.41, 5.74) is 7.33. The molecule has 2 atom stereocenters. The van der Waals surface area contributed by atoms with E-state index in [0.29, 0.717) is 6.42 Å². The third-order valence-electron chi connectivity index (χ3n) is 2.72. The number of methoxy groups -OCH3 is 1. The van der Waals surface area contributed by atoms with Crippen molar-refractivity contribution in [3.63, 3.8) is 0 Å². The van der Waals surface area contributed by atoms with Crippen LogP contribution >= 0.6 is 27.3 Å². The van der Waals surface area contributed by atoms with Crippen molar-refractivity contribution in [2.75, 3.05) is 7.11 Å². The fourth-order valence-electron chi connectivity index (χ4n) is 1.84. The number of aryl methyl sites for hydroxylation is 1. The minimum atomic E-state index is -0.173. The molecule has 0 amide bonds. The SMILES string of the molecule is COC(=O)CC(C)CC(N)c1cc(Br)sc1C. The number of hydrogen-bond donors (Lipinski definition) is 1. The quantitative estimate of drug-likeness (QED) is 0.846. The normalized spacial score (nSPS) is 14.4. The molecule has 0 aliphatic carbocycles. The first-order valence-corrected chi connectivity index (χ1v) is 7.13. The number of nitrogens with two attached hydrogens (primary N) is 1. The molecule has 1 aromatic rings. The summed E-state index contributed by atoms with van der Waals surface area (Å²) in [7, 11) is 1.41. The van der Waals surface area contributed by atoms with Gasteiger partial charge in [0.05, 0.1) is 10.9 Å². The van der Waals surface area contributed by atoms with Crippen LogP contribution in [0, 0.1) is 12.8 Å². The first-order chi connectivity index (χ1) is 7.93. The van der Waals surface area contributed by atoms with Gasteiger partial charge in [-0.05, 0) is 46.8 Å². The predicted molar refractivity (Wildman–Crippen MR) is 74.1 cm³/mol. The fraction of sp³-hybridized carbons (Fsp3) is 0.583. The van der Waals surface area contributed by atoms with E-state index in [0.717, 1.165) is 10.2 Å². The lowest BCUT2D eigenvalue weighted by atomic mass is 9.95. The zero-order chi connectivity index (χ0) is 13.0. The highest BCUT2D eigenvalue weighted by Crippen LogP contribution is 2.32. The van der Waals surface area contributed by atoms with Gasteiger partial charge in [-0.25, -0.2) is 0 Å². The zero-order valence-corrected chi connectivity index (χ0v) is 12.7. The third kappa shape index (κ3) is 4.41. The Morgan fingerprint density at radius 2 is 2.29 bits per heavy atom. The van der Waals surface area contributed by atoms with Gasteiger partial charge in [0.25, 0.3) is 0 Å². The van der Waals surface area contributed by atoms with Crippen LogP contribution in [0.1, 0.15) is 36.2 Å². The predicted octanol–water partition coefficient (Wildman–Crippen LogP) is 3.41. The van der Waals surface area contributed by atoms with Crippen molar-refractivity contribution < 1.29 is 9.53 Å². The van der Waals surface area contributed by atoms with Crippen LogP contribution in [0.15, 0.2) is 9.85 Å². The molecular formula is C12H18BrNO2S. The topological polar surface area (TPSA) is 52.3 Å². The van der Waals surface area contributed by atoms with Gasteiger partial charge in [0, 0.05) is 17.3 Å². The van der Waals surface area contributed by atoms with E-state index >= 15 is 0 Å². The van der Waals surface area contributed by atoms with Crippen LogP contribution in [-0.2, 0) is 9.53 Å². The molecule has 3 nitrogen and oxygen atoms in total. The number of ether oxygens (including phenoxy) is 1. The second-order valence-electron chi connectivity index (χ2n) is 4.29. The lowest BCUT2D eigenvalue weighted by molar-refractivity contribution is -0.141. The van der Waals surface area contributed by atoms with Crippen molar-refractivity contribution in [2.24, 2.45) is 11.7 Å². The monoisotopic (exact) mass is 319 g/mol. The molecule has 17 heavy (non-hydrogen) atoms. The summed E-state index contributed by atoms with van der Waals surface area (Å²) in [5, 5.41) is 0. The fourth-order valence-corrected chi connectivity index (χ4v) is 3.62. The van der Waals surface area contributed by atoms with Crippen molar-refractivity contribution in [3.8, 4) is 0 Å². The lowest BCUT2D eigenvalue weighted by Gasteiger charge is -2.16. The molecule has 2 N–H and O–H groups in total. The highest BCUT2D eigenvalue weighted by atomic mass is 79.9. The maximum Gasteiger partial charge on any atom is 0.305 e.